The Hall–Kier alpha value is -1.64. The van der Waals surface area contributed by atoms with Crippen LogP contribution in [0.4, 0.5) is 5.69 Å². The number of carbonyl (C=O) groups is 2. The highest BCUT2D eigenvalue weighted by Crippen LogP contribution is 1.95. The van der Waals surface area contributed by atoms with E-state index in [0.29, 0.717) is 0 Å². The van der Waals surface area contributed by atoms with Gasteiger partial charge in [-0.1, -0.05) is 18.2 Å². The number of nitrogens with two attached hydrogens (primary N) is 1. The number of hydrogen-bond acceptors (Lipinski definition) is 3. The van der Waals surface area contributed by atoms with Crippen LogP contribution in [0.1, 0.15) is 6.92 Å². The molecule has 3 nitrogen and oxygen atoms in total. The molecule has 0 unspecified atom stereocenters. The average molecular weight is 167 g/mol. The molecule has 66 valence electrons. The first kappa shape index (κ1) is 13.0. The molecule has 0 spiro atoms. The second-order valence-electron chi connectivity index (χ2n) is 1.65. The summed E-state index contributed by atoms with van der Waals surface area (Å²) in [6, 6.07) is 9.49. The average Bonchev–Trinajstić information content (AvgIpc) is 2.11. The molecule has 0 bridgehead atoms. The molecule has 0 aliphatic carbocycles. The lowest BCUT2D eigenvalue weighted by molar-refractivity contribution is -0.106. The minimum absolute atomic E-state index is 0.750. The fraction of sp³-hybridized carbons (Fsp3) is 0.111. The second kappa shape index (κ2) is 12.1. The van der Waals surface area contributed by atoms with E-state index in [1.54, 1.807) is 0 Å². The summed E-state index contributed by atoms with van der Waals surface area (Å²) >= 11 is 0. The molecule has 12 heavy (non-hydrogen) atoms. The van der Waals surface area contributed by atoms with Gasteiger partial charge in [-0.15, -0.1) is 0 Å². The van der Waals surface area contributed by atoms with Crippen molar-refractivity contribution in [3.8, 4) is 0 Å². The van der Waals surface area contributed by atoms with Crippen molar-refractivity contribution in [2.75, 3.05) is 5.73 Å². The third kappa shape index (κ3) is 11.2. The lowest BCUT2D eigenvalue weighted by atomic mass is 10.3. The zero-order valence-corrected chi connectivity index (χ0v) is 7.07. The lowest BCUT2D eigenvalue weighted by Crippen LogP contribution is -1.79. The minimum atomic E-state index is 0.750. The topological polar surface area (TPSA) is 60.2 Å². The van der Waals surface area contributed by atoms with Crippen molar-refractivity contribution in [2.24, 2.45) is 0 Å². The monoisotopic (exact) mass is 167 g/mol. The van der Waals surface area contributed by atoms with Gasteiger partial charge >= 0.3 is 0 Å². The summed E-state index contributed by atoms with van der Waals surface area (Å²) in [5.41, 5.74) is 6.18. The molecule has 0 amide bonds. The molecule has 0 saturated heterocycles. The van der Waals surface area contributed by atoms with E-state index in [2.05, 4.69) is 0 Å². The number of benzene rings is 1. The summed E-state index contributed by atoms with van der Waals surface area (Å²) in [4.78, 5) is 16.8. The minimum Gasteiger partial charge on any atom is -0.399 e. The van der Waals surface area contributed by atoms with Crippen LogP contribution in [-0.4, -0.2) is 13.1 Å². The van der Waals surface area contributed by atoms with Gasteiger partial charge in [0.25, 0.3) is 0 Å². The Bertz CT molecular complexity index is 187. The Morgan fingerprint density at radius 3 is 1.75 bits per heavy atom. The van der Waals surface area contributed by atoms with Crippen LogP contribution < -0.4 is 5.73 Å². The molecule has 0 fully saturated rings. The lowest BCUT2D eigenvalue weighted by Gasteiger charge is -1.83. The molecule has 0 aromatic heterocycles. The molecule has 0 saturated carbocycles. The van der Waals surface area contributed by atoms with Gasteiger partial charge < -0.3 is 15.3 Å². The molecule has 0 atom stereocenters. The van der Waals surface area contributed by atoms with Crippen molar-refractivity contribution in [2.45, 2.75) is 6.92 Å². The molecule has 0 aliphatic heterocycles. The van der Waals surface area contributed by atoms with Gasteiger partial charge in [0.2, 0.25) is 0 Å². The third-order valence-corrected chi connectivity index (χ3v) is 0.800. The van der Waals surface area contributed by atoms with Crippen LogP contribution >= 0.6 is 0 Å². The van der Waals surface area contributed by atoms with E-state index >= 15 is 0 Å². The first-order chi connectivity index (χ1) is 5.81. The standard InChI is InChI=1S/C6H7N.C2H4O.CH2O/c7-6-4-2-1-3-5-6;1-2-3;1-2/h1-5H,7H2;2H,1H3;1H2. The molecule has 0 radical (unpaired) electrons. The van der Waals surface area contributed by atoms with Crippen molar-refractivity contribution in [1.82, 2.24) is 0 Å². The predicted octanol–water partition coefficient (Wildman–Crippen LogP) is 1.29. The van der Waals surface area contributed by atoms with Crippen molar-refractivity contribution in [1.29, 1.82) is 0 Å². The summed E-state index contributed by atoms with van der Waals surface area (Å²) in [6.45, 7) is 3.44. The highest BCUT2D eigenvalue weighted by atomic mass is 16.1. The van der Waals surface area contributed by atoms with Gasteiger partial charge in [0.05, 0.1) is 0 Å². The Morgan fingerprint density at radius 1 is 1.25 bits per heavy atom. The van der Waals surface area contributed by atoms with Gasteiger partial charge in [-0.2, -0.15) is 0 Å². The molecule has 0 heterocycles. The Labute approximate surface area is 72.2 Å². The quantitative estimate of drug-likeness (QED) is 0.468. The van der Waals surface area contributed by atoms with E-state index in [0.717, 1.165) is 12.0 Å². The molecule has 1 aromatic rings. The van der Waals surface area contributed by atoms with Crippen LogP contribution in [0, 0.1) is 0 Å². The van der Waals surface area contributed by atoms with E-state index in [4.69, 9.17) is 15.3 Å². The van der Waals surface area contributed by atoms with Crippen LogP contribution in [0.2, 0.25) is 0 Å². The summed E-state index contributed by atoms with van der Waals surface area (Å²) in [6.07, 6.45) is 0.750. The Balaban J connectivity index is 0. The van der Waals surface area contributed by atoms with Crippen molar-refractivity contribution in [3.63, 3.8) is 0 Å². The highest BCUT2D eigenvalue weighted by Gasteiger charge is 1.72. The molecular formula is C9H13NO2. The van der Waals surface area contributed by atoms with Crippen molar-refractivity contribution in [3.05, 3.63) is 30.3 Å². The Morgan fingerprint density at radius 2 is 1.58 bits per heavy atom. The van der Waals surface area contributed by atoms with Crippen LogP contribution in [0.15, 0.2) is 30.3 Å². The van der Waals surface area contributed by atoms with Gasteiger partial charge in [0.15, 0.2) is 0 Å². The molecule has 2 N–H and O–H groups in total. The highest BCUT2D eigenvalue weighted by molar-refractivity contribution is 5.44. The SMILES string of the molecule is C=O.CC=O.Nc1ccccc1. The maximum atomic E-state index is 8.81. The summed E-state index contributed by atoms with van der Waals surface area (Å²) in [7, 11) is 0. The van der Waals surface area contributed by atoms with E-state index in [-0.39, 0.29) is 0 Å². The zero-order valence-electron chi connectivity index (χ0n) is 7.07. The number of hydrogen-bond donors (Lipinski definition) is 1. The number of carbonyl (C=O) groups excluding carboxylic acids is 2. The maximum absolute atomic E-state index is 8.81. The summed E-state index contributed by atoms with van der Waals surface area (Å²) < 4.78 is 0. The van der Waals surface area contributed by atoms with E-state index in [9.17, 15) is 0 Å². The predicted molar refractivity (Wildman–Crippen MR) is 49.7 cm³/mol. The third-order valence-electron chi connectivity index (χ3n) is 0.800. The van der Waals surface area contributed by atoms with Gasteiger partial charge in [-0.05, 0) is 19.1 Å². The van der Waals surface area contributed by atoms with E-state index < -0.39 is 0 Å². The van der Waals surface area contributed by atoms with E-state index in [1.807, 2.05) is 37.1 Å². The first-order valence-electron chi connectivity index (χ1n) is 3.30. The van der Waals surface area contributed by atoms with Crippen molar-refractivity contribution >= 4 is 18.8 Å². The molecule has 3 heteroatoms. The van der Waals surface area contributed by atoms with Gasteiger partial charge in [0, 0.05) is 5.69 Å². The molecule has 1 rings (SSSR count). The van der Waals surface area contributed by atoms with Crippen LogP contribution in [0.3, 0.4) is 0 Å². The molecule has 1 aromatic carbocycles. The van der Waals surface area contributed by atoms with E-state index in [1.165, 1.54) is 6.92 Å². The van der Waals surface area contributed by atoms with Crippen molar-refractivity contribution < 1.29 is 9.59 Å². The van der Waals surface area contributed by atoms with Crippen LogP contribution in [0.25, 0.3) is 0 Å². The van der Waals surface area contributed by atoms with Crippen LogP contribution in [0.5, 0.6) is 0 Å². The molecular weight excluding hydrogens is 154 g/mol. The summed E-state index contributed by atoms with van der Waals surface area (Å²) in [5.74, 6) is 0. The first-order valence-corrected chi connectivity index (χ1v) is 3.30. The molecule has 0 aliphatic rings. The maximum Gasteiger partial charge on any atom is 0.116 e. The fourth-order valence-electron chi connectivity index (χ4n) is 0.453. The number of para-hydroxylation sites is 1. The number of nitrogen functional groups attached to an aromatic ring is 1. The van der Waals surface area contributed by atoms with Gasteiger partial charge in [0.1, 0.15) is 13.1 Å². The van der Waals surface area contributed by atoms with Crippen LogP contribution in [-0.2, 0) is 9.59 Å². The number of rotatable bonds is 0. The second-order valence-corrected chi connectivity index (χ2v) is 1.65. The largest absolute Gasteiger partial charge is 0.399 e. The zero-order chi connectivity index (χ0) is 9.82. The van der Waals surface area contributed by atoms with Gasteiger partial charge in [-0.25, -0.2) is 0 Å². The fourth-order valence-corrected chi connectivity index (χ4v) is 0.453. The smallest absolute Gasteiger partial charge is 0.116 e. The normalized spacial score (nSPS) is 6.42. The number of anilines is 1. The summed E-state index contributed by atoms with van der Waals surface area (Å²) in [5, 5.41) is 0. The Kier molecular flexibility index (Phi) is 13.1. The van der Waals surface area contributed by atoms with Gasteiger partial charge in [-0.3, -0.25) is 0 Å². The number of aldehydes is 1.